The summed E-state index contributed by atoms with van der Waals surface area (Å²) in [5, 5.41) is 3.09. The third kappa shape index (κ3) is 5.63. The van der Waals surface area contributed by atoms with E-state index in [9.17, 15) is 22.4 Å². The molecule has 172 valence electrons. The van der Waals surface area contributed by atoms with Gasteiger partial charge in [0.05, 0.1) is 17.9 Å². The zero-order chi connectivity index (χ0) is 23.3. The SMILES string of the molecule is CN(C)C(=O)Cc1ccccc1NCC(=O)N1CCN(S(=O)(=O)c2cccc(F)c2)CC1. The lowest BCUT2D eigenvalue weighted by Crippen LogP contribution is -2.51. The molecule has 1 saturated heterocycles. The van der Waals surface area contributed by atoms with Gasteiger partial charge in [0, 0.05) is 46.0 Å². The fourth-order valence-electron chi connectivity index (χ4n) is 3.40. The number of halogens is 1. The van der Waals surface area contributed by atoms with Gasteiger partial charge in [-0.1, -0.05) is 24.3 Å². The topological polar surface area (TPSA) is 90.0 Å². The number of benzene rings is 2. The van der Waals surface area contributed by atoms with Crippen molar-refractivity contribution >= 4 is 27.5 Å². The molecule has 0 unspecified atom stereocenters. The molecule has 2 amide bonds. The molecule has 1 aliphatic heterocycles. The fourth-order valence-corrected chi connectivity index (χ4v) is 4.86. The molecule has 10 heteroatoms. The molecular formula is C22H27FN4O4S. The number of nitrogens with one attached hydrogen (secondary N) is 1. The van der Waals surface area contributed by atoms with E-state index in [0.717, 1.165) is 11.6 Å². The molecule has 2 aromatic rings. The third-order valence-corrected chi connectivity index (χ3v) is 7.21. The van der Waals surface area contributed by atoms with Crippen LogP contribution in [-0.2, 0) is 26.0 Å². The molecule has 0 bridgehead atoms. The van der Waals surface area contributed by atoms with Crippen molar-refractivity contribution in [1.29, 1.82) is 0 Å². The molecule has 0 aliphatic carbocycles. The Bertz CT molecular complexity index is 1080. The van der Waals surface area contributed by atoms with Crippen LogP contribution in [0.2, 0.25) is 0 Å². The summed E-state index contributed by atoms with van der Waals surface area (Å²) in [5.41, 5.74) is 1.51. The summed E-state index contributed by atoms with van der Waals surface area (Å²) in [5.74, 6) is -0.818. The average molecular weight is 463 g/mol. The summed E-state index contributed by atoms with van der Waals surface area (Å²) in [6.45, 7) is 0.798. The summed E-state index contributed by atoms with van der Waals surface area (Å²) in [7, 11) is -0.428. The van der Waals surface area contributed by atoms with Crippen LogP contribution >= 0.6 is 0 Å². The molecule has 0 atom stereocenters. The molecule has 1 heterocycles. The third-order valence-electron chi connectivity index (χ3n) is 5.31. The Kier molecular flexibility index (Phi) is 7.47. The van der Waals surface area contributed by atoms with Crippen LogP contribution in [0.4, 0.5) is 10.1 Å². The van der Waals surface area contributed by atoms with Gasteiger partial charge in [-0.2, -0.15) is 4.31 Å². The Morgan fingerprint density at radius 2 is 1.72 bits per heavy atom. The summed E-state index contributed by atoms with van der Waals surface area (Å²) in [4.78, 5) is 27.7. The highest BCUT2D eigenvalue weighted by Gasteiger charge is 2.30. The predicted molar refractivity (Wildman–Crippen MR) is 119 cm³/mol. The van der Waals surface area contributed by atoms with Crippen LogP contribution in [0.25, 0.3) is 0 Å². The lowest BCUT2D eigenvalue weighted by atomic mass is 10.1. The minimum atomic E-state index is -3.81. The maximum atomic E-state index is 13.4. The second-order valence-corrected chi connectivity index (χ2v) is 9.66. The van der Waals surface area contributed by atoms with E-state index >= 15 is 0 Å². The van der Waals surface area contributed by atoms with Crippen molar-refractivity contribution in [3.63, 3.8) is 0 Å². The normalized spacial score (nSPS) is 14.8. The van der Waals surface area contributed by atoms with Gasteiger partial charge in [0.1, 0.15) is 5.82 Å². The van der Waals surface area contributed by atoms with E-state index in [0.29, 0.717) is 5.69 Å². The summed E-state index contributed by atoms with van der Waals surface area (Å²) < 4.78 is 40.1. The summed E-state index contributed by atoms with van der Waals surface area (Å²) in [6, 6.07) is 12.2. The van der Waals surface area contributed by atoms with Gasteiger partial charge in [-0.3, -0.25) is 9.59 Å². The van der Waals surface area contributed by atoms with Gasteiger partial charge in [0.2, 0.25) is 21.8 Å². The predicted octanol–water partition coefficient (Wildman–Crippen LogP) is 1.40. The summed E-state index contributed by atoms with van der Waals surface area (Å²) in [6.07, 6.45) is 0.223. The van der Waals surface area contributed by atoms with Gasteiger partial charge < -0.3 is 15.1 Å². The molecule has 3 rings (SSSR count). The summed E-state index contributed by atoms with van der Waals surface area (Å²) >= 11 is 0. The van der Waals surface area contributed by atoms with Crippen molar-refractivity contribution in [2.75, 3.05) is 52.1 Å². The van der Waals surface area contributed by atoms with E-state index in [2.05, 4.69) is 5.32 Å². The molecule has 0 spiro atoms. The quantitative estimate of drug-likeness (QED) is 0.672. The second kappa shape index (κ2) is 10.1. The number of amides is 2. The number of piperazine rings is 1. The molecule has 32 heavy (non-hydrogen) atoms. The number of rotatable bonds is 7. The molecular weight excluding hydrogens is 435 g/mol. The van der Waals surface area contributed by atoms with Gasteiger partial charge in [-0.05, 0) is 29.8 Å². The fraction of sp³-hybridized carbons (Fsp3) is 0.364. The smallest absolute Gasteiger partial charge is 0.243 e. The van der Waals surface area contributed by atoms with Crippen LogP contribution < -0.4 is 5.32 Å². The Morgan fingerprint density at radius 1 is 1.03 bits per heavy atom. The average Bonchev–Trinajstić information content (AvgIpc) is 2.78. The first-order valence-corrected chi connectivity index (χ1v) is 11.7. The zero-order valence-electron chi connectivity index (χ0n) is 18.1. The van der Waals surface area contributed by atoms with Gasteiger partial charge in [-0.15, -0.1) is 0 Å². The van der Waals surface area contributed by atoms with Crippen LogP contribution in [0.3, 0.4) is 0 Å². The highest BCUT2D eigenvalue weighted by molar-refractivity contribution is 7.89. The highest BCUT2D eigenvalue weighted by Crippen LogP contribution is 2.19. The van der Waals surface area contributed by atoms with Crippen molar-refractivity contribution in [1.82, 2.24) is 14.1 Å². The lowest BCUT2D eigenvalue weighted by molar-refractivity contribution is -0.130. The van der Waals surface area contributed by atoms with Crippen molar-refractivity contribution in [2.24, 2.45) is 0 Å². The van der Waals surface area contributed by atoms with E-state index < -0.39 is 15.8 Å². The molecule has 2 aromatic carbocycles. The number of nitrogens with zero attached hydrogens (tertiary/aromatic N) is 3. The van der Waals surface area contributed by atoms with Gasteiger partial charge in [0.15, 0.2) is 0 Å². The van der Waals surface area contributed by atoms with Crippen molar-refractivity contribution in [2.45, 2.75) is 11.3 Å². The lowest BCUT2D eigenvalue weighted by Gasteiger charge is -2.34. The standard InChI is InChI=1S/C22H27FN4O4S/c1-25(2)21(28)14-17-6-3-4-9-20(17)24-16-22(29)26-10-12-27(13-11-26)32(30,31)19-8-5-7-18(23)15-19/h3-9,15,24H,10-14,16H2,1-2H3. The number of anilines is 1. The zero-order valence-corrected chi connectivity index (χ0v) is 18.9. The van der Waals surface area contributed by atoms with Gasteiger partial charge >= 0.3 is 0 Å². The Morgan fingerprint density at radius 3 is 2.38 bits per heavy atom. The molecule has 0 aromatic heterocycles. The minimum Gasteiger partial charge on any atom is -0.376 e. The van der Waals surface area contributed by atoms with Gasteiger partial charge in [-0.25, -0.2) is 12.8 Å². The van der Waals surface area contributed by atoms with E-state index in [1.54, 1.807) is 19.0 Å². The second-order valence-electron chi connectivity index (χ2n) is 7.72. The number of carbonyl (C=O) groups is 2. The monoisotopic (exact) mass is 462 g/mol. The highest BCUT2D eigenvalue weighted by atomic mass is 32.2. The van der Waals surface area contributed by atoms with Crippen LogP contribution in [0.5, 0.6) is 0 Å². The first-order chi connectivity index (χ1) is 15.2. The molecule has 1 fully saturated rings. The Balaban J connectivity index is 1.56. The molecule has 8 nitrogen and oxygen atoms in total. The van der Waals surface area contributed by atoms with Crippen molar-refractivity contribution < 1.29 is 22.4 Å². The van der Waals surface area contributed by atoms with Crippen LogP contribution in [0.15, 0.2) is 53.4 Å². The van der Waals surface area contributed by atoms with Crippen LogP contribution in [-0.4, -0.2) is 81.2 Å². The minimum absolute atomic E-state index is 0.0316. The number of hydrogen-bond donors (Lipinski definition) is 1. The first kappa shape index (κ1) is 23.7. The first-order valence-electron chi connectivity index (χ1n) is 10.2. The van der Waals surface area contributed by atoms with Gasteiger partial charge in [0.25, 0.3) is 0 Å². The number of likely N-dealkylation sites (N-methyl/N-ethyl adjacent to an activating group) is 1. The van der Waals surface area contributed by atoms with Crippen LogP contribution in [0.1, 0.15) is 5.56 Å². The molecule has 1 aliphatic rings. The molecule has 1 N–H and O–H groups in total. The number of hydrogen-bond acceptors (Lipinski definition) is 5. The Labute approximate surface area is 187 Å². The molecule has 0 radical (unpaired) electrons. The maximum Gasteiger partial charge on any atom is 0.243 e. The number of carbonyl (C=O) groups excluding carboxylic acids is 2. The van der Waals surface area contributed by atoms with Crippen molar-refractivity contribution in [3.8, 4) is 0 Å². The van der Waals surface area contributed by atoms with E-state index in [1.807, 2.05) is 24.3 Å². The Hall–Kier alpha value is -2.98. The van der Waals surface area contributed by atoms with Crippen LogP contribution in [0, 0.1) is 5.82 Å². The van der Waals surface area contributed by atoms with E-state index in [4.69, 9.17) is 0 Å². The maximum absolute atomic E-state index is 13.4. The number of para-hydroxylation sites is 1. The molecule has 0 saturated carbocycles. The number of sulfonamides is 1. The van der Waals surface area contributed by atoms with Crippen molar-refractivity contribution in [3.05, 3.63) is 59.9 Å². The largest absolute Gasteiger partial charge is 0.376 e. The van der Waals surface area contributed by atoms with E-state index in [1.165, 1.54) is 27.4 Å². The van der Waals surface area contributed by atoms with E-state index in [-0.39, 0.29) is 55.9 Å².